The summed E-state index contributed by atoms with van der Waals surface area (Å²) in [6.07, 6.45) is 5.32. The lowest BCUT2D eigenvalue weighted by molar-refractivity contribution is 0.0693. The van der Waals surface area contributed by atoms with Crippen molar-refractivity contribution < 1.29 is 9.21 Å². The van der Waals surface area contributed by atoms with Crippen LogP contribution < -0.4 is 0 Å². The summed E-state index contributed by atoms with van der Waals surface area (Å²) in [5, 5.41) is 0. The fourth-order valence-corrected chi connectivity index (χ4v) is 4.08. The molecule has 5 nitrogen and oxygen atoms in total. The third-order valence-electron chi connectivity index (χ3n) is 5.34. The van der Waals surface area contributed by atoms with Gasteiger partial charge in [-0.25, -0.2) is 4.98 Å². The van der Waals surface area contributed by atoms with Gasteiger partial charge in [-0.05, 0) is 44.4 Å². The normalized spacial score (nSPS) is 15.7. The topological polar surface area (TPSA) is 51.3 Å². The predicted octanol–water partition coefficient (Wildman–Crippen LogP) is 4.37. The van der Waals surface area contributed by atoms with Gasteiger partial charge in [0, 0.05) is 25.6 Å². The number of hydrogen-bond donors (Lipinski definition) is 0. The number of fused-ring (bicyclic) bond motifs is 1. The Morgan fingerprint density at radius 3 is 2.77 bits per heavy atom. The van der Waals surface area contributed by atoms with Crippen molar-refractivity contribution in [3.05, 3.63) is 53.7 Å². The van der Waals surface area contributed by atoms with Crippen molar-refractivity contribution in [1.82, 2.24) is 14.5 Å². The number of carbonyl (C=O) groups is 1. The summed E-state index contributed by atoms with van der Waals surface area (Å²) in [6, 6.07) is 10.5. The fourth-order valence-electron chi connectivity index (χ4n) is 4.08. The SMILES string of the molecule is CCCc1occc1C(=O)N1CCC(n2c(C)nc3ccccc32)CC1. The molecule has 1 fully saturated rings. The second-order valence-corrected chi connectivity index (χ2v) is 7.05. The molecule has 5 heteroatoms. The van der Waals surface area contributed by atoms with E-state index in [1.807, 2.05) is 17.0 Å². The smallest absolute Gasteiger partial charge is 0.257 e. The number of carbonyl (C=O) groups excluding carboxylic acids is 1. The van der Waals surface area contributed by atoms with Gasteiger partial charge in [0.1, 0.15) is 11.6 Å². The molecule has 136 valence electrons. The third-order valence-corrected chi connectivity index (χ3v) is 5.34. The van der Waals surface area contributed by atoms with Gasteiger partial charge in [-0.2, -0.15) is 0 Å². The van der Waals surface area contributed by atoms with Crippen LogP contribution in [0.1, 0.15) is 54.2 Å². The average molecular weight is 351 g/mol. The number of imidazole rings is 1. The molecule has 0 aliphatic carbocycles. The van der Waals surface area contributed by atoms with E-state index in [2.05, 4.69) is 41.6 Å². The monoisotopic (exact) mass is 351 g/mol. The molecular formula is C21H25N3O2. The van der Waals surface area contributed by atoms with Crippen LogP contribution in [0.5, 0.6) is 0 Å². The van der Waals surface area contributed by atoms with Crippen LogP contribution in [0.4, 0.5) is 0 Å². The summed E-state index contributed by atoms with van der Waals surface area (Å²) in [7, 11) is 0. The second-order valence-electron chi connectivity index (χ2n) is 7.05. The molecule has 0 saturated carbocycles. The van der Waals surface area contributed by atoms with E-state index in [1.54, 1.807) is 6.26 Å². The maximum atomic E-state index is 12.9. The molecule has 4 rings (SSSR count). The first kappa shape index (κ1) is 16.9. The van der Waals surface area contributed by atoms with Gasteiger partial charge in [0.05, 0.1) is 22.9 Å². The highest BCUT2D eigenvalue weighted by Crippen LogP contribution is 2.29. The molecule has 1 aromatic carbocycles. The zero-order chi connectivity index (χ0) is 18.1. The Morgan fingerprint density at radius 2 is 2.00 bits per heavy atom. The van der Waals surface area contributed by atoms with Crippen LogP contribution >= 0.6 is 0 Å². The lowest BCUT2D eigenvalue weighted by atomic mass is 10.0. The molecule has 0 radical (unpaired) electrons. The van der Waals surface area contributed by atoms with Crippen molar-refractivity contribution >= 4 is 16.9 Å². The van der Waals surface area contributed by atoms with E-state index in [-0.39, 0.29) is 5.91 Å². The van der Waals surface area contributed by atoms with Crippen LogP contribution in [0.15, 0.2) is 41.0 Å². The van der Waals surface area contributed by atoms with Crippen molar-refractivity contribution in [3.63, 3.8) is 0 Å². The van der Waals surface area contributed by atoms with Gasteiger partial charge in [-0.15, -0.1) is 0 Å². The van der Waals surface area contributed by atoms with Gasteiger partial charge in [-0.1, -0.05) is 19.1 Å². The van der Waals surface area contributed by atoms with Crippen LogP contribution in [0.3, 0.4) is 0 Å². The van der Waals surface area contributed by atoms with E-state index in [1.165, 1.54) is 5.52 Å². The highest BCUT2D eigenvalue weighted by Gasteiger charge is 2.28. The summed E-state index contributed by atoms with van der Waals surface area (Å²) < 4.78 is 7.85. The van der Waals surface area contributed by atoms with Gasteiger partial charge >= 0.3 is 0 Å². The molecule has 0 bridgehead atoms. The molecule has 1 aliphatic heterocycles. The van der Waals surface area contributed by atoms with Crippen LogP contribution in [0, 0.1) is 6.92 Å². The lowest BCUT2D eigenvalue weighted by Gasteiger charge is -2.33. The van der Waals surface area contributed by atoms with E-state index in [0.29, 0.717) is 6.04 Å². The maximum Gasteiger partial charge on any atom is 0.257 e. The standard InChI is InChI=1S/C21H25N3O2/c1-3-6-20-17(11-14-26-20)21(25)23-12-9-16(10-13-23)24-15(2)22-18-7-4-5-8-19(18)24/h4-5,7-8,11,14,16H,3,6,9-10,12-13H2,1-2H3. The van der Waals surface area contributed by atoms with Gasteiger partial charge < -0.3 is 13.9 Å². The fraction of sp³-hybridized carbons (Fsp3) is 0.429. The largest absolute Gasteiger partial charge is 0.469 e. The third kappa shape index (κ3) is 2.91. The molecule has 0 N–H and O–H groups in total. The average Bonchev–Trinajstić information content (AvgIpc) is 3.25. The number of piperidine rings is 1. The number of para-hydroxylation sites is 2. The first-order valence-electron chi connectivity index (χ1n) is 9.48. The molecule has 0 atom stereocenters. The summed E-state index contributed by atoms with van der Waals surface area (Å²) >= 11 is 0. The number of amides is 1. The maximum absolute atomic E-state index is 12.9. The summed E-state index contributed by atoms with van der Waals surface area (Å²) in [6.45, 7) is 5.71. The van der Waals surface area contributed by atoms with Crippen LogP contribution in [-0.2, 0) is 6.42 Å². The van der Waals surface area contributed by atoms with Crippen LogP contribution in [0.2, 0.25) is 0 Å². The number of furan rings is 1. The van der Waals surface area contributed by atoms with Crippen molar-refractivity contribution in [1.29, 1.82) is 0 Å². The minimum absolute atomic E-state index is 0.105. The Morgan fingerprint density at radius 1 is 1.23 bits per heavy atom. The number of rotatable bonds is 4. The summed E-state index contributed by atoms with van der Waals surface area (Å²) in [5.74, 6) is 1.97. The van der Waals surface area contributed by atoms with E-state index in [4.69, 9.17) is 4.42 Å². The quantitative estimate of drug-likeness (QED) is 0.701. The molecule has 3 heterocycles. The number of aryl methyl sites for hydroxylation is 2. The molecule has 0 spiro atoms. The second kappa shape index (κ2) is 6.98. The first-order chi connectivity index (χ1) is 12.7. The number of benzene rings is 1. The Kier molecular flexibility index (Phi) is 4.53. The molecule has 0 unspecified atom stereocenters. The van der Waals surface area contributed by atoms with E-state index in [0.717, 1.165) is 61.4 Å². The van der Waals surface area contributed by atoms with Crippen LogP contribution in [0.25, 0.3) is 11.0 Å². The minimum Gasteiger partial charge on any atom is -0.469 e. The number of hydrogen-bond acceptors (Lipinski definition) is 3. The molecule has 1 amide bonds. The Labute approximate surface area is 153 Å². The van der Waals surface area contributed by atoms with Gasteiger partial charge in [0.25, 0.3) is 5.91 Å². The highest BCUT2D eigenvalue weighted by atomic mass is 16.3. The Hall–Kier alpha value is -2.56. The van der Waals surface area contributed by atoms with E-state index >= 15 is 0 Å². The van der Waals surface area contributed by atoms with Crippen molar-refractivity contribution in [2.75, 3.05) is 13.1 Å². The summed E-state index contributed by atoms with van der Waals surface area (Å²) in [4.78, 5) is 19.5. The van der Waals surface area contributed by atoms with Crippen LogP contribution in [-0.4, -0.2) is 33.4 Å². The number of aromatic nitrogens is 2. The van der Waals surface area contributed by atoms with E-state index in [9.17, 15) is 4.79 Å². The van der Waals surface area contributed by atoms with E-state index < -0.39 is 0 Å². The van der Waals surface area contributed by atoms with Gasteiger partial charge in [0.15, 0.2) is 0 Å². The molecular weight excluding hydrogens is 326 g/mol. The Balaban J connectivity index is 1.49. The highest BCUT2D eigenvalue weighted by molar-refractivity contribution is 5.95. The van der Waals surface area contributed by atoms with Crippen molar-refractivity contribution in [3.8, 4) is 0 Å². The van der Waals surface area contributed by atoms with Gasteiger partial charge in [0.2, 0.25) is 0 Å². The predicted molar refractivity (Wildman–Crippen MR) is 101 cm³/mol. The van der Waals surface area contributed by atoms with Crippen molar-refractivity contribution in [2.24, 2.45) is 0 Å². The van der Waals surface area contributed by atoms with Crippen molar-refractivity contribution in [2.45, 2.75) is 45.6 Å². The molecule has 3 aromatic rings. The number of likely N-dealkylation sites (tertiary alicyclic amines) is 1. The molecule has 1 saturated heterocycles. The molecule has 1 aliphatic rings. The zero-order valence-electron chi connectivity index (χ0n) is 15.4. The number of nitrogens with zero attached hydrogens (tertiary/aromatic N) is 3. The lowest BCUT2D eigenvalue weighted by Crippen LogP contribution is -2.39. The first-order valence-corrected chi connectivity index (χ1v) is 9.48. The molecule has 2 aromatic heterocycles. The zero-order valence-corrected chi connectivity index (χ0v) is 15.4. The minimum atomic E-state index is 0.105. The Bertz CT molecular complexity index is 916. The van der Waals surface area contributed by atoms with Gasteiger partial charge in [-0.3, -0.25) is 4.79 Å². The molecule has 26 heavy (non-hydrogen) atoms. The summed E-state index contributed by atoms with van der Waals surface area (Å²) in [5.41, 5.74) is 2.97.